The van der Waals surface area contributed by atoms with Crippen LogP contribution < -0.4 is 9.80 Å². The van der Waals surface area contributed by atoms with Crippen LogP contribution in [0.1, 0.15) is 31.9 Å². The van der Waals surface area contributed by atoms with Gasteiger partial charge in [-0.05, 0) is 62.8 Å². The molecule has 0 fully saturated rings. The van der Waals surface area contributed by atoms with E-state index in [0.717, 1.165) is 27.4 Å². The van der Waals surface area contributed by atoms with Crippen LogP contribution in [0.25, 0.3) is 0 Å². The number of benzene rings is 3. The molecule has 36 heavy (non-hydrogen) atoms. The number of halogens is 1. The molecule has 0 aromatic heterocycles. The van der Waals surface area contributed by atoms with Gasteiger partial charge >= 0.3 is 6.09 Å². The van der Waals surface area contributed by atoms with Crippen molar-refractivity contribution in [2.75, 3.05) is 16.4 Å². The summed E-state index contributed by atoms with van der Waals surface area (Å²) in [6.07, 6.45) is 1.28. The highest BCUT2D eigenvalue weighted by Gasteiger charge is 2.31. The van der Waals surface area contributed by atoms with Crippen molar-refractivity contribution in [3.05, 3.63) is 101 Å². The summed E-state index contributed by atoms with van der Waals surface area (Å²) in [6, 6.07) is 24.4. The van der Waals surface area contributed by atoms with Crippen molar-refractivity contribution in [3.63, 3.8) is 0 Å². The highest BCUT2D eigenvalue weighted by molar-refractivity contribution is 9.12. The fourth-order valence-electron chi connectivity index (χ4n) is 4.04. The first-order chi connectivity index (χ1) is 17.2. The zero-order valence-electron chi connectivity index (χ0n) is 20.4. The predicted molar refractivity (Wildman–Crippen MR) is 145 cm³/mol. The average Bonchev–Trinajstić information content (AvgIpc) is 3.11. The molecule has 0 saturated carbocycles. The predicted octanol–water partition coefficient (Wildman–Crippen LogP) is 6.65. The Balaban J connectivity index is 1.48. The minimum atomic E-state index is -0.460. The van der Waals surface area contributed by atoms with E-state index in [4.69, 9.17) is 4.74 Å². The zero-order valence-corrected chi connectivity index (χ0v) is 22.0. The van der Waals surface area contributed by atoms with E-state index >= 15 is 0 Å². The average molecular weight is 547 g/mol. The Kier molecular flexibility index (Phi) is 7.40. The maximum Gasteiger partial charge on any atom is 0.418 e. The van der Waals surface area contributed by atoms with Crippen LogP contribution in [-0.2, 0) is 26.2 Å². The van der Waals surface area contributed by atoms with Crippen LogP contribution in [0, 0.1) is 0 Å². The molecule has 1 aliphatic rings. The molecule has 0 unspecified atom stereocenters. The molecule has 4 rings (SSSR count). The van der Waals surface area contributed by atoms with E-state index < -0.39 is 12.0 Å². The summed E-state index contributed by atoms with van der Waals surface area (Å²) < 4.78 is 5.95. The summed E-state index contributed by atoms with van der Waals surface area (Å²) in [7, 11) is 0. The minimum absolute atomic E-state index is 0.172. The molecule has 6 nitrogen and oxygen atoms in total. The first-order valence-corrected chi connectivity index (χ1v) is 12.4. The maximum absolute atomic E-state index is 13.4. The number of para-hydroxylation sites is 2. The van der Waals surface area contributed by atoms with Crippen LogP contribution in [-0.4, -0.2) is 24.5 Å². The van der Waals surface area contributed by atoms with Gasteiger partial charge in [0.15, 0.2) is 0 Å². The van der Waals surface area contributed by atoms with Crippen LogP contribution in [0.2, 0.25) is 0 Å². The van der Waals surface area contributed by atoms with Crippen molar-refractivity contribution in [3.8, 4) is 0 Å². The van der Waals surface area contributed by atoms with Gasteiger partial charge in [0.05, 0.1) is 28.2 Å². The summed E-state index contributed by atoms with van der Waals surface area (Å²) in [5.74, 6) is -0.775. The van der Waals surface area contributed by atoms with E-state index in [9.17, 15) is 14.4 Å². The summed E-state index contributed by atoms with van der Waals surface area (Å²) in [6.45, 7) is 6.51. The van der Waals surface area contributed by atoms with Gasteiger partial charge in [0, 0.05) is 12.5 Å². The largest absolute Gasteiger partial charge is 0.449 e. The molecule has 0 radical (unpaired) electrons. The molecular weight excluding hydrogens is 520 g/mol. The third-order valence-electron chi connectivity index (χ3n) is 5.84. The molecule has 7 heteroatoms. The Morgan fingerprint density at radius 1 is 0.917 bits per heavy atom. The van der Waals surface area contributed by atoms with Crippen molar-refractivity contribution in [1.82, 2.24) is 0 Å². The number of hydrogen-bond donors (Lipinski definition) is 0. The topological polar surface area (TPSA) is 66.9 Å². The lowest BCUT2D eigenvalue weighted by Gasteiger charge is -2.29. The molecule has 184 valence electrons. The quantitative estimate of drug-likeness (QED) is 0.324. The number of imide groups is 1. The number of carbonyl (C=O) groups is 3. The van der Waals surface area contributed by atoms with E-state index in [1.807, 2.05) is 66.7 Å². The van der Waals surface area contributed by atoms with Crippen LogP contribution in [0.5, 0.6) is 0 Å². The number of rotatable bonds is 6. The van der Waals surface area contributed by atoms with Gasteiger partial charge in [-0.3, -0.25) is 9.59 Å². The van der Waals surface area contributed by atoms with Crippen LogP contribution in [0.4, 0.5) is 21.9 Å². The smallest absolute Gasteiger partial charge is 0.418 e. The normalized spacial score (nSPS) is 13.6. The van der Waals surface area contributed by atoms with Gasteiger partial charge in [-0.15, -0.1) is 0 Å². The molecule has 3 aromatic rings. The molecule has 1 aliphatic heterocycles. The number of amides is 3. The van der Waals surface area contributed by atoms with Crippen molar-refractivity contribution in [2.45, 2.75) is 32.6 Å². The second kappa shape index (κ2) is 10.5. The van der Waals surface area contributed by atoms with Crippen LogP contribution in [0.15, 0.2) is 89.4 Å². The van der Waals surface area contributed by atoms with Crippen molar-refractivity contribution >= 4 is 50.9 Å². The minimum Gasteiger partial charge on any atom is -0.449 e. The number of anilines is 3. The number of carbonyl (C=O) groups excluding carboxylic acids is 3. The molecule has 0 aliphatic carbocycles. The Morgan fingerprint density at radius 3 is 2.17 bits per heavy atom. The summed E-state index contributed by atoms with van der Waals surface area (Å²) in [4.78, 5) is 40.3. The lowest BCUT2D eigenvalue weighted by atomic mass is 9.85. The van der Waals surface area contributed by atoms with E-state index in [1.54, 1.807) is 17.0 Å². The summed E-state index contributed by atoms with van der Waals surface area (Å²) >= 11 is 3.10. The van der Waals surface area contributed by atoms with Crippen molar-refractivity contribution < 1.29 is 19.1 Å². The van der Waals surface area contributed by atoms with E-state index in [1.165, 1.54) is 6.08 Å². The first-order valence-electron chi connectivity index (χ1n) is 11.6. The van der Waals surface area contributed by atoms with Gasteiger partial charge in [-0.25, -0.2) is 14.6 Å². The fourth-order valence-corrected chi connectivity index (χ4v) is 4.41. The Hall–Kier alpha value is -3.71. The van der Waals surface area contributed by atoms with Gasteiger partial charge < -0.3 is 4.74 Å². The van der Waals surface area contributed by atoms with Gasteiger partial charge in [0.25, 0.3) is 11.8 Å². The molecule has 3 aromatic carbocycles. The number of ether oxygens (including phenoxy) is 1. The van der Waals surface area contributed by atoms with Crippen molar-refractivity contribution in [2.24, 2.45) is 0 Å². The van der Waals surface area contributed by atoms with Gasteiger partial charge in [0.2, 0.25) is 0 Å². The Bertz CT molecular complexity index is 1310. The molecule has 0 spiro atoms. The maximum atomic E-state index is 13.4. The molecule has 0 saturated heterocycles. The summed E-state index contributed by atoms with van der Waals surface area (Å²) in [5, 5.41) is 0. The standard InChI is InChI=1S/C29H27BrN2O4/c1-29(2,3)23-11-7-8-12-25(23)31(21-9-5-4-6-10-21)28(35)36-18-17-20-13-15-22(16-14-20)32-26(33)19-24(30)27(32)34/h4-16,19H,17-18H2,1-3H3. The highest BCUT2D eigenvalue weighted by atomic mass is 79.9. The second-order valence-corrected chi connectivity index (χ2v) is 10.3. The molecule has 0 N–H and O–H groups in total. The Morgan fingerprint density at radius 2 is 1.56 bits per heavy atom. The lowest BCUT2D eigenvalue weighted by Crippen LogP contribution is -2.30. The number of hydrogen-bond acceptors (Lipinski definition) is 4. The summed E-state index contributed by atoms with van der Waals surface area (Å²) in [5.41, 5.74) is 3.78. The number of nitrogens with zero attached hydrogens (tertiary/aromatic N) is 2. The van der Waals surface area contributed by atoms with Crippen LogP contribution >= 0.6 is 15.9 Å². The third kappa shape index (κ3) is 5.41. The van der Waals surface area contributed by atoms with Gasteiger partial charge in [-0.2, -0.15) is 0 Å². The monoisotopic (exact) mass is 546 g/mol. The van der Waals surface area contributed by atoms with E-state index in [2.05, 4.69) is 36.7 Å². The fraction of sp³-hybridized carbons (Fsp3) is 0.207. The van der Waals surface area contributed by atoms with E-state index in [0.29, 0.717) is 12.1 Å². The third-order valence-corrected chi connectivity index (χ3v) is 6.41. The van der Waals surface area contributed by atoms with Crippen molar-refractivity contribution in [1.29, 1.82) is 0 Å². The highest BCUT2D eigenvalue weighted by Crippen LogP contribution is 2.36. The molecule has 0 atom stereocenters. The Labute approximate surface area is 219 Å². The zero-order chi connectivity index (χ0) is 25.9. The molecular formula is C29H27BrN2O4. The first kappa shape index (κ1) is 25.4. The second-order valence-electron chi connectivity index (χ2n) is 9.44. The SMILES string of the molecule is CC(C)(C)c1ccccc1N(C(=O)OCCc1ccc(N2C(=O)C=C(Br)C2=O)cc1)c1ccccc1. The lowest BCUT2D eigenvalue weighted by molar-refractivity contribution is -0.120. The van der Waals surface area contributed by atoms with Crippen LogP contribution in [0.3, 0.4) is 0 Å². The molecule has 3 amide bonds. The molecule has 0 bridgehead atoms. The van der Waals surface area contributed by atoms with Gasteiger partial charge in [-0.1, -0.05) is 69.3 Å². The van der Waals surface area contributed by atoms with Gasteiger partial charge in [0.1, 0.15) is 0 Å². The molecule has 1 heterocycles. The van der Waals surface area contributed by atoms with E-state index in [-0.39, 0.29) is 22.4 Å².